The smallest absolute Gasteiger partial charge is 0.430 e. The number of halogens is 3. The number of amides is 1. The molecular weight excluding hydrogens is 575 g/mol. The largest absolute Gasteiger partial charge is 0.542 e. The van der Waals surface area contributed by atoms with Gasteiger partial charge in [-0.05, 0) is 54.7 Å². The Bertz CT molecular complexity index is 1490. The van der Waals surface area contributed by atoms with Gasteiger partial charge in [0.2, 0.25) is 5.84 Å². The number of Topliss-reactive ketones (excluding diaryl/α,β-unsaturated/α-hetero) is 1. The highest BCUT2D eigenvalue weighted by Crippen LogP contribution is 2.21. The number of carbonyl (C=O) groups is 3. The number of aliphatic carboxylic acids is 1. The molecule has 1 aliphatic heterocycles. The summed E-state index contributed by atoms with van der Waals surface area (Å²) in [5.74, 6) is -1.97. The van der Waals surface area contributed by atoms with Crippen molar-refractivity contribution in [3.8, 4) is 0 Å². The Balaban J connectivity index is 0.000000676. The van der Waals surface area contributed by atoms with E-state index >= 15 is 0 Å². The predicted molar refractivity (Wildman–Crippen MR) is 159 cm³/mol. The van der Waals surface area contributed by atoms with Crippen LogP contribution in [0.2, 0.25) is 0 Å². The van der Waals surface area contributed by atoms with E-state index in [9.17, 15) is 22.8 Å². The molecule has 1 unspecified atom stereocenters. The van der Waals surface area contributed by atoms with Gasteiger partial charge in [0, 0.05) is 18.4 Å². The zero-order valence-electron chi connectivity index (χ0n) is 24.6. The van der Waals surface area contributed by atoms with Gasteiger partial charge >= 0.3 is 12.3 Å². The van der Waals surface area contributed by atoms with Crippen molar-refractivity contribution in [3.05, 3.63) is 90.1 Å². The van der Waals surface area contributed by atoms with Crippen LogP contribution in [0.3, 0.4) is 0 Å². The molecule has 3 aromatic carbocycles. The molecule has 0 radical (unpaired) electrons. The van der Waals surface area contributed by atoms with Gasteiger partial charge in [-0.1, -0.05) is 74.0 Å². The second kappa shape index (κ2) is 16.4. The molecule has 0 aromatic heterocycles. The number of hydrogen-bond acceptors (Lipinski definition) is 6. The molecule has 3 aromatic rings. The number of fused-ring (bicyclic) bond motifs is 1. The molecule has 0 bridgehead atoms. The van der Waals surface area contributed by atoms with E-state index in [1.165, 1.54) is 10.8 Å². The molecule has 0 saturated carbocycles. The van der Waals surface area contributed by atoms with Crippen molar-refractivity contribution in [1.29, 1.82) is 0 Å². The highest BCUT2D eigenvalue weighted by Gasteiger charge is 2.30. The van der Waals surface area contributed by atoms with Gasteiger partial charge in [-0.25, -0.2) is 4.79 Å². The van der Waals surface area contributed by atoms with E-state index < -0.39 is 24.3 Å². The number of alkyl carbamates (subject to hydrolysis) is 1. The van der Waals surface area contributed by atoms with Crippen LogP contribution in [-0.2, 0) is 14.3 Å². The average molecular weight is 612 g/mol. The summed E-state index contributed by atoms with van der Waals surface area (Å²) < 4.78 is 37.5. The summed E-state index contributed by atoms with van der Waals surface area (Å²) >= 11 is 0. The second-order valence-corrected chi connectivity index (χ2v) is 10.3. The Kier molecular flexibility index (Phi) is 12.6. The molecule has 8 nitrogen and oxygen atoms in total. The van der Waals surface area contributed by atoms with Gasteiger partial charge in [-0.15, -0.1) is 0 Å². The summed E-state index contributed by atoms with van der Waals surface area (Å²) in [5.41, 5.74) is 3.10. The number of rotatable bonds is 12. The number of unbranched alkanes of at least 4 members (excludes halogenated alkanes) is 2. The van der Waals surface area contributed by atoms with E-state index in [1.54, 1.807) is 0 Å². The molecule has 2 atom stereocenters. The number of ether oxygens (including phenoxy) is 1. The van der Waals surface area contributed by atoms with Crippen molar-refractivity contribution in [2.45, 2.75) is 70.7 Å². The Morgan fingerprint density at radius 2 is 1.61 bits per heavy atom. The van der Waals surface area contributed by atoms with Gasteiger partial charge in [-0.3, -0.25) is 10.1 Å². The molecular formula is C33H36F3N3O5. The Morgan fingerprint density at radius 1 is 0.955 bits per heavy atom. The number of benzene rings is 3. The Morgan fingerprint density at radius 3 is 2.27 bits per heavy atom. The van der Waals surface area contributed by atoms with Gasteiger partial charge in [0.1, 0.15) is 11.8 Å². The minimum Gasteiger partial charge on any atom is -0.542 e. The van der Waals surface area contributed by atoms with Crippen LogP contribution in [0, 0.1) is 0 Å². The van der Waals surface area contributed by atoms with Crippen LogP contribution in [0.1, 0.15) is 69.5 Å². The maximum atomic E-state index is 12.8. The van der Waals surface area contributed by atoms with E-state index in [4.69, 9.17) is 14.6 Å². The van der Waals surface area contributed by atoms with Gasteiger partial charge in [0.15, 0.2) is 11.8 Å². The zero-order valence-corrected chi connectivity index (χ0v) is 24.6. The average Bonchev–Trinajstić information content (AvgIpc) is 3.50. The maximum absolute atomic E-state index is 12.8. The fraction of sp³-hybridized carbons (Fsp3) is 0.333. The highest BCUT2D eigenvalue weighted by atomic mass is 19.4. The number of hydrogen-bond donors (Lipinski definition) is 2. The third-order valence-corrected chi connectivity index (χ3v) is 7.00. The van der Waals surface area contributed by atoms with E-state index in [2.05, 4.69) is 40.6 Å². The first kappa shape index (κ1) is 34.0. The van der Waals surface area contributed by atoms with Crippen molar-refractivity contribution >= 4 is 40.2 Å². The van der Waals surface area contributed by atoms with Crippen LogP contribution in [0.4, 0.5) is 18.0 Å². The van der Waals surface area contributed by atoms with E-state index in [0.717, 1.165) is 41.9 Å². The molecule has 0 saturated heterocycles. The quantitative estimate of drug-likeness (QED) is 0.273. The number of alkyl halides is 3. The molecule has 1 amide bonds. The number of nitrogens with zero attached hydrogens (tertiary/aromatic N) is 1. The standard InChI is InChI=1S/C31H35N3O3.C2HF3O2/c1-3-27(35)16-8-5-9-17-29(37-31(36)33-22(2)23-12-6-4-7-13-23)30-32-21-28(34-30)26-19-18-24-14-10-11-15-25(24)20-26;3-2(4,5)1(6)7/h4,6-7,10-15,18-22,29H,3,5,8-9,16-17H2,1-2H3,(H,32,34)(H,33,36);(H,6,7)/t22-,29?;/m0./s1. The fourth-order valence-electron chi connectivity index (χ4n) is 4.52. The molecule has 1 aliphatic rings. The first-order chi connectivity index (χ1) is 21.0. The minimum absolute atomic E-state index is 0.171. The predicted octanol–water partition coefficient (Wildman–Crippen LogP) is 5.20. The lowest BCUT2D eigenvalue weighted by Crippen LogP contribution is -2.86. The first-order valence-corrected chi connectivity index (χ1v) is 14.4. The van der Waals surface area contributed by atoms with Gasteiger partial charge in [-0.2, -0.15) is 18.2 Å². The topological polar surface area (TPSA) is 124 Å². The van der Waals surface area contributed by atoms with Crippen molar-refractivity contribution in [1.82, 2.24) is 5.32 Å². The van der Waals surface area contributed by atoms with Crippen LogP contribution in [0.25, 0.3) is 16.5 Å². The summed E-state index contributed by atoms with van der Waals surface area (Å²) in [4.78, 5) is 37.9. The number of carbonyl (C=O) groups excluding carboxylic acids is 3. The highest BCUT2D eigenvalue weighted by molar-refractivity contribution is 5.90. The van der Waals surface area contributed by atoms with Crippen LogP contribution in [0.15, 0.2) is 84.0 Å². The van der Waals surface area contributed by atoms with Crippen LogP contribution >= 0.6 is 0 Å². The molecule has 0 spiro atoms. The maximum Gasteiger partial charge on any atom is 0.430 e. The summed E-state index contributed by atoms with van der Waals surface area (Å²) in [6.07, 6.45) is 0.192. The van der Waals surface area contributed by atoms with Gasteiger partial charge in [0.25, 0.3) is 0 Å². The van der Waals surface area contributed by atoms with E-state index in [1.807, 2.05) is 67.8 Å². The SMILES string of the molecule is CCC(=O)CCCCCC(OC(=O)N[C@@H](C)c1ccccc1)C1=NC=C(c2ccc3ccccc3c2)[NH2+]1.O=C([O-])C(F)(F)F. The number of carboxylic acid groups (broad SMARTS) is 1. The Labute approximate surface area is 254 Å². The summed E-state index contributed by atoms with van der Waals surface area (Å²) in [6, 6.07) is 24.3. The molecule has 3 N–H and O–H groups in total. The molecule has 11 heteroatoms. The van der Waals surface area contributed by atoms with E-state index in [0.29, 0.717) is 25.0 Å². The van der Waals surface area contributed by atoms with Crippen molar-refractivity contribution in [3.63, 3.8) is 0 Å². The van der Waals surface area contributed by atoms with E-state index in [-0.39, 0.29) is 6.04 Å². The summed E-state index contributed by atoms with van der Waals surface area (Å²) in [7, 11) is 0. The number of amidine groups is 1. The number of aliphatic imine (C=N–C) groups is 1. The minimum atomic E-state index is -5.19. The van der Waals surface area contributed by atoms with Crippen LogP contribution in [0.5, 0.6) is 0 Å². The monoisotopic (exact) mass is 611 g/mol. The first-order valence-electron chi connectivity index (χ1n) is 14.4. The van der Waals surface area contributed by atoms with Crippen molar-refractivity contribution in [2.75, 3.05) is 0 Å². The number of quaternary nitrogens is 1. The zero-order chi connectivity index (χ0) is 32.1. The molecule has 4 rings (SSSR count). The lowest BCUT2D eigenvalue weighted by molar-refractivity contribution is -0.437. The lowest BCUT2D eigenvalue weighted by atomic mass is 10.0. The fourth-order valence-corrected chi connectivity index (χ4v) is 4.52. The van der Waals surface area contributed by atoms with Gasteiger partial charge < -0.3 is 20.0 Å². The van der Waals surface area contributed by atoms with Crippen LogP contribution < -0.4 is 15.7 Å². The number of ketones is 1. The van der Waals surface area contributed by atoms with Crippen molar-refractivity contribution < 1.29 is 42.7 Å². The number of nitrogens with two attached hydrogens (primary N) is 1. The third-order valence-electron chi connectivity index (χ3n) is 7.00. The van der Waals surface area contributed by atoms with Crippen LogP contribution in [-0.4, -0.2) is 36.0 Å². The molecule has 0 aliphatic carbocycles. The lowest BCUT2D eigenvalue weighted by Gasteiger charge is -2.19. The normalized spacial score (nSPS) is 14.0. The number of nitrogens with one attached hydrogen (secondary N) is 1. The molecule has 0 fully saturated rings. The summed E-state index contributed by atoms with van der Waals surface area (Å²) in [6.45, 7) is 3.84. The molecule has 44 heavy (non-hydrogen) atoms. The molecule has 1 heterocycles. The molecule has 234 valence electrons. The number of carboxylic acids is 1. The van der Waals surface area contributed by atoms with Gasteiger partial charge in [0.05, 0.1) is 12.2 Å². The Hall–Kier alpha value is -4.51. The third kappa shape index (κ3) is 10.6. The summed E-state index contributed by atoms with van der Waals surface area (Å²) in [5, 5.41) is 16.1. The van der Waals surface area contributed by atoms with Crippen molar-refractivity contribution in [2.24, 2.45) is 4.99 Å². The second-order valence-electron chi connectivity index (χ2n) is 10.3.